The van der Waals surface area contributed by atoms with Crippen LogP contribution in [0.2, 0.25) is 0 Å². The molecule has 0 heterocycles. The van der Waals surface area contributed by atoms with E-state index in [-0.39, 0.29) is 25.7 Å². The predicted molar refractivity (Wildman–Crippen MR) is 455 cm³/mol. The third-order valence-corrected chi connectivity index (χ3v) is 23.4. The minimum Gasteiger partial charge on any atom is -0.462 e. The van der Waals surface area contributed by atoms with Gasteiger partial charge in [0.1, 0.15) is 19.3 Å². The first-order valence-corrected chi connectivity index (χ1v) is 50.0. The number of phosphoric ester groups is 2. The number of aliphatic hydroxyl groups excluding tert-OH is 1. The van der Waals surface area contributed by atoms with Crippen molar-refractivity contribution in [3.63, 3.8) is 0 Å². The highest BCUT2D eigenvalue weighted by molar-refractivity contribution is 7.47. The average molecular weight is 1610 g/mol. The third-order valence-electron chi connectivity index (χ3n) is 21.5. The Labute approximate surface area is 677 Å². The number of carbonyl (C=O) groups excluding carboxylic acids is 4. The van der Waals surface area contributed by atoms with E-state index in [2.05, 4.69) is 41.5 Å². The number of hydrogen-bond acceptors (Lipinski definition) is 15. The van der Waals surface area contributed by atoms with Gasteiger partial charge in [0.05, 0.1) is 26.4 Å². The summed E-state index contributed by atoms with van der Waals surface area (Å²) >= 11 is 0. The lowest BCUT2D eigenvalue weighted by atomic mass is 10.0. The van der Waals surface area contributed by atoms with Crippen molar-refractivity contribution in [2.45, 2.75) is 509 Å². The summed E-state index contributed by atoms with van der Waals surface area (Å²) in [5, 5.41) is 10.7. The monoisotopic (exact) mass is 1610 g/mol. The van der Waals surface area contributed by atoms with Crippen molar-refractivity contribution >= 4 is 39.5 Å². The van der Waals surface area contributed by atoms with Crippen LogP contribution in [-0.4, -0.2) is 96.7 Å². The second-order valence-electron chi connectivity index (χ2n) is 33.6. The summed E-state index contributed by atoms with van der Waals surface area (Å²) in [6, 6.07) is 0. The van der Waals surface area contributed by atoms with Gasteiger partial charge in [0.25, 0.3) is 0 Å². The number of aliphatic hydroxyl groups is 1. The molecule has 0 aromatic carbocycles. The second-order valence-corrected chi connectivity index (χ2v) is 36.6. The summed E-state index contributed by atoms with van der Waals surface area (Å²) in [6.45, 7) is 9.72. The van der Waals surface area contributed by atoms with Gasteiger partial charge in [-0.1, -0.05) is 440 Å². The van der Waals surface area contributed by atoms with Crippen LogP contribution in [0.25, 0.3) is 0 Å². The van der Waals surface area contributed by atoms with E-state index in [1.54, 1.807) is 0 Å². The molecule has 0 aliphatic heterocycles. The molecular formula is C91H178O17P2. The van der Waals surface area contributed by atoms with Crippen molar-refractivity contribution in [3.8, 4) is 0 Å². The van der Waals surface area contributed by atoms with Crippen LogP contribution in [0.1, 0.15) is 491 Å². The molecule has 654 valence electrons. The minimum absolute atomic E-state index is 0.108. The van der Waals surface area contributed by atoms with Crippen LogP contribution in [0.3, 0.4) is 0 Å². The molecule has 2 unspecified atom stereocenters. The zero-order valence-electron chi connectivity index (χ0n) is 72.6. The fourth-order valence-corrected chi connectivity index (χ4v) is 15.9. The summed E-state index contributed by atoms with van der Waals surface area (Å²) in [5.41, 5.74) is 0. The van der Waals surface area contributed by atoms with Crippen LogP contribution in [0.5, 0.6) is 0 Å². The molecule has 19 heteroatoms. The molecule has 5 atom stereocenters. The Morgan fingerprint density at radius 3 is 0.618 bits per heavy atom. The SMILES string of the molecule is CCCCCCCCCCCCCCCCCCCCCCCCC(=O)O[C@H](COC(=O)CCCCCCCCCCCCCCCCCCC(C)C)COP(=O)(O)OC[C@@H](O)COP(=O)(O)OC[C@@H](COC(=O)CCCCCCCCCCCC(C)C)OC(=O)CCCCCCCCCCCCCCCCCCC. The van der Waals surface area contributed by atoms with E-state index in [9.17, 15) is 43.2 Å². The zero-order chi connectivity index (χ0) is 80.6. The molecule has 0 aromatic rings. The first-order chi connectivity index (χ1) is 53.4. The van der Waals surface area contributed by atoms with Crippen LogP contribution in [0, 0.1) is 11.8 Å². The molecule has 0 aliphatic carbocycles. The molecule has 0 aliphatic rings. The van der Waals surface area contributed by atoms with Gasteiger partial charge >= 0.3 is 39.5 Å². The fourth-order valence-electron chi connectivity index (χ4n) is 14.3. The van der Waals surface area contributed by atoms with E-state index in [1.165, 1.54) is 308 Å². The van der Waals surface area contributed by atoms with Gasteiger partial charge in [-0.25, -0.2) is 9.13 Å². The molecule has 0 fully saturated rings. The van der Waals surface area contributed by atoms with Crippen LogP contribution >= 0.6 is 15.6 Å². The Kier molecular flexibility index (Phi) is 80.7. The number of carbonyl (C=O) groups is 4. The molecule has 0 saturated heterocycles. The number of rotatable bonds is 90. The summed E-state index contributed by atoms with van der Waals surface area (Å²) in [5.74, 6) is -0.540. The van der Waals surface area contributed by atoms with E-state index in [4.69, 9.17) is 37.0 Å². The lowest BCUT2D eigenvalue weighted by Crippen LogP contribution is -2.30. The van der Waals surface area contributed by atoms with E-state index in [1.807, 2.05) is 0 Å². The lowest BCUT2D eigenvalue weighted by molar-refractivity contribution is -0.161. The molecule has 0 radical (unpaired) electrons. The Morgan fingerprint density at radius 2 is 0.418 bits per heavy atom. The molecular weight excluding hydrogens is 1430 g/mol. The molecule has 0 rings (SSSR count). The van der Waals surface area contributed by atoms with Gasteiger partial charge < -0.3 is 33.8 Å². The smallest absolute Gasteiger partial charge is 0.462 e. The number of esters is 4. The molecule has 0 saturated carbocycles. The molecule has 0 bridgehead atoms. The van der Waals surface area contributed by atoms with Gasteiger partial charge in [0.2, 0.25) is 0 Å². The van der Waals surface area contributed by atoms with E-state index in [0.29, 0.717) is 25.7 Å². The summed E-state index contributed by atoms with van der Waals surface area (Å²) < 4.78 is 69.1. The van der Waals surface area contributed by atoms with Crippen molar-refractivity contribution in [2.75, 3.05) is 39.6 Å². The molecule has 3 N–H and O–H groups in total. The van der Waals surface area contributed by atoms with Gasteiger partial charge in [0, 0.05) is 25.7 Å². The maximum Gasteiger partial charge on any atom is 0.472 e. The number of hydrogen-bond donors (Lipinski definition) is 3. The summed E-state index contributed by atoms with van der Waals surface area (Å²) in [7, 11) is -9.94. The normalized spacial score (nSPS) is 13.7. The predicted octanol–water partition coefficient (Wildman–Crippen LogP) is 28.2. The first kappa shape index (κ1) is 108. The highest BCUT2D eigenvalue weighted by Gasteiger charge is 2.31. The Bertz CT molecular complexity index is 2100. The molecule has 110 heavy (non-hydrogen) atoms. The average Bonchev–Trinajstić information content (AvgIpc) is 0.898. The van der Waals surface area contributed by atoms with Crippen LogP contribution in [0.4, 0.5) is 0 Å². The quantitative estimate of drug-likeness (QED) is 0.0222. The molecule has 0 amide bonds. The van der Waals surface area contributed by atoms with Crippen molar-refractivity contribution in [1.82, 2.24) is 0 Å². The Morgan fingerprint density at radius 1 is 0.245 bits per heavy atom. The van der Waals surface area contributed by atoms with Gasteiger partial charge in [-0.2, -0.15) is 0 Å². The van der Waals surface area contributed by atoms with E-state index >= 15 is 0 Å². The van der Waals surface area contributed by atoms with Crippen molar-refractivity contribution in [1.29, 1.82) is 0 Å². The van der Waals surface area contributed by atoms with Crippen LogP contribution in [0.15, 0.2) is 0 Å². The standard InChI is InChI=1S/C91H178O17P2/c1-7-9-11-13-15-17-19-21-23-25-26-27-28-29-31-37-41-45-51-58-64-70-76-90(95)107-86(79-101-88(93)73-67-61-55-49-43-39-35-33-32-34-38-42-47-53-59-65-71-83(3)4)81-105-109(97,98)103-77-85(92)78-104-110(99,100)106-82-87(80-102-89(94)74-68-62-56-52-46-48-54-60-66-72-84(5)6)108-91(96)75-69-63-57-50-44-40-36-30-24-22-20-18-16-14-12-10-8-2/h83-87,92H,7-82H2,1-6H3,(H,97,98)(H,99,100)/t85-,86-,87-/m1/s1. The lowest BCUT2D eigenvalue weighted by Gasteiger charge is -2.21. The number of ether oxygens (including phenoxy) is 4. The zero-order valence-corrected chi connectivity index (χ0v) is 74.4. The molecule has 0 aromatic heterocycles. The highest BCUT2D eigenvalue weighted by Crippen LogP contribution is 2.45. The third kappa shape index (κ3) is 84.0. The first-order valence-electron chi connectivity index (χ1n) is 47.0. The topological polar surface area (TPSA) is 237 Å². The minimum atomic E-state index is -4.97. The van der Waals surface area contributed by atoms with Crippen molar-refractivity contribution in [3.05, 3.63) is 0 Å². The maximum absolute atomic E-state index is 13.2. The van der Waals surface area contributed by atoms with Crippen LogP contribution < -0.4 is 0 Å². The van der Waals surface area contributed by atoms with Crippen LogP contribution in [-0.2, 0) is 65.4 Å². The number of unbranched alkanes of at least 4 members (excludes halogenated alkanes) is 60. The van der Waals surface area contributed by atoms with E-state index < -0.39 is 97.5 Å². The largest absolute Gasteiger partial charge is 0.472 e. The highest BCUT2D eigenvalue weighted by atomic mass is 31.2. The maximum atomic E-state index is 13.2. The number of phosphoric acid groups is 2. The van der Waals surface area contributed by atoms with Gasteiger partial charge in [-0.15, -0.1) is 0 Å². The fraction of sp³-hybridized carbons (Fsp3) is 0.956. The van der Waals surface area contributed by atoms with E-state index in [0.717, 1.165) is 102 Å². The molecule has 0 spiro atoms. The summed E-state index contributed by atoms with van der Waals surface area (Å²) in [4.78, 5) is 73.4. The van der Waals surface area contributed by atoms with Gasteiger partial charge in [0.15, 0.2) is 12.2 Å². The Balaban J connectivity index is 5.24. The molecule has 17 nitrogen and oxygen atoms in total. The summed E-state index contributed by atoms with van der Waals surface area (Å²) in [6.07, 6.45) is 76.5. The van der Waals surface area contributed by atoms with Crippen molar-refractivity contribution in [2.24, 2.45) is 11.8 Å². The van der Waals surface area contributed by atoms with Crippen molar-refractivity contribution < 1.29 is 80.2 Å². The second kappa shape index (κ2) is 82.2. The van der Waals surface area contributed by atoms with Gasteiger partial charge in [-0.05, 0) is 37.5 Å². The Hall–Kier alpha value is -1.94. The van der Waals surface area contributed by atoms with Gasteiger partial charge in [-0.3, -0.25) is 37.3 Å².